The average Bonchev–Trinajstić information content (AvgIpc) is 3.15. The van der Waals surface area contributed by atoms with Gasteiger partial charge in [0.25, 0.3) is 0 Å². The fourth-order valence-electron chi connectivity index (χ4n) is 2.36. The van der Waals surface area contributed by atoms with Crippen LogP contribution in [-0.4, -0.2) is 48.4 Å². The van der Waals surface area contributed by atoms with Gasteiger partial charge in [0.05, 0.1) is 12.5 Å². The predicted molar refractivity (Wildman–Crippen MR) is 78.3 cm³/mol. The second-order valence-electron chi connectivity index (χ2n) is 5.97. The summed E-state index contributed by atoms with van der Waals surface area (Å²) in [6.07, 6.45) is 1.43. The maximum atomic E-state index is 11.9. The fourth-order valence-corrected chi connectivity index (χ4v) is 2.36. The molecule has 0 spiro atoms. The third-order valence-electron chi connectivity index (χ3n) is 3.52. The minimum absolute atomic E-state index is 0.0182. The molecular weight excluding hydrogens is 304 g/mol. The standard InChI is InChI=1S/C16H22O7/c1-9-5-4-6-13(17)21-10(2)7-12-15(23-12)16(19)22-11(3)8-14(18)20-9/h4,6,9-12,15H,5,7-8H2,1-3H3/b6-4+/t9-,10-,11?,12+,15-/m0/s1. The van der Waals surface area contributed by atoms with E-state index >= 15 is 0 Å². The van der Waals surface area contributed by atoms with Crippen molar-refractivity contribution in [2.24, 2.45) is 0 Å². The van der Waals surface area contributed by atoms with Gasteiger partial charge in [-0.1, -0.05) is 6.08 Å². The predicted octanol–water partition coefficient (Wildman–Crippen LogP) is 1.29. The van der Waals surface area contributed by atoms with Crippen molar-refractivity contribution in [1.29, 1.82) is 0 Å². The SMILES string of the molecule is CC1CC(=O)O[C@@H](C)C/C=C/C(=O)O[C@@H](C)C[C@H]2O[C@@H]2C(=O)O1. The number of fused-ring (bicyclic) bond motifs is 1. The van der Waals surface area contributed by atoms with E-state index in [0.717, 1.165) is 0 Å². The summed E-state index contributed by atoms with van der Waals surface area (Å²) in [6.45, 7) is 5.10. The summed E-state index contributed by atoms with van der Waals surface area (Å²) in [4.78, 5) is 35.3. The Bertz CT molecular complexity index is 499. The molecule has 1 saturated heterocycles. The van der Waals surface area contributed by atoms with Gasteiger partial charge < -0.3 is 18.9 Å². The number of carbonyl (C=O) groups excluding carboxylic acids is 3. The molecule has 128 valence electrons. The van der Waals surface area contributed by atoms with Crippen molar-refractivity contribution in [2.45, 2.75) is 70.6 Å². The van der Waals surface area contributed by atoms with Crippen LogP contribution < -0.4 is 0 Å². The van der Waals surface area contributed by atoms with Crippen LogP contribution in [0.25, 0.3) is 0 Å². The van der Waals surface area contributed by atoms with Gasteiger partial charge in [0.15, 0.2) is 6.10 Å². The lowest BCUT2D eigenvalue weighted by Gasteiger charge is -2.15. The van der Waals surface area contributed by atoms with Crippen molar-refractivity contribution in [3.8, 4) is 0 Å². The number of cyclic esters (lactones) is 3. The van der Waals surface area contributed by atoms with Gasteiger partial charge in [-0.3, -0.25) is 4.79 Å². The van der Waals surface area contributed by atoms with Gasteiger partial charge in [0.1, 0.15) is 18.3 Å². The molecule has 1 fully saturated rings. The van der Waals surface area contributed by atoms with Crippen molar-refractivity contribution < 1.29 is 33.3 Å². The van der Waals surface area contributed by atoms with Gasteiger partial charge in [0.2, 0.25) is 0 Å². The first kappa shape index (κ1) is 17.5. The zero-order valence-corrected chi connectivity index (χ0v) is 13.5. The summed E-state index contributed by atoms with van der Waals surface area (Å²) in [5, 5.41) is 0. The highest BCUT2D eigenvalue weighted by atomic mass is 16.6. The maximum absolute atomic E-state index is 11.9. The highest BCUT2D eigenvalue weighted by molar-refractivity contribution is 5.82. The number of rotatable bonds is 0. The zero-order chi connectivity index (χ0) is 17.0. The molecule has 0 aromatic heterocycles. The Morgan fingerprint density at radius 2 is 1.70 bits per heavy atom. The first-order valence-corrected chi connectivity index (χ1v) is 7.77. The summed E-state index contributed by atoms with van der Waals surface area (Å²) in [6, 6.07) is 0. The summed E-state index contributed by atoms with van der Waals surface area (Å²) < 4.78 is 20.8. The van der Waals surface area contributed by atoms with Crippen molar-refractivity contribution in [2.75, 3.05) is 0 Å². The quantitative estimate of drug-likeness (QED) is 0.376. The minimum Gasteiger partial charge on any atom is -0.462 e. The van der Waals surface area contributed by atoms with E-state index in [-0.39, 0.29) is 24.7 Å². The molecule has 7 nitrogen and oxygen atoms in total. The van der Waals surface area contributed by atoms with Crippen LogP contribution in [0.5, 0.6) is 0 Å². The van der Waals surface area contributed by atoms with Crippen LogP contribution in [0.3, 0.4) is 0 Å². The molecule has 2 aliphatic rings. The topological polar surface area (TPSA) is 91.4 Å². The number of hydrogen-bond donors (Lipinski definition) is 0. The second-order valence-corrected chi connectivity index (χ2v) is 5.97. The zero-order valence-electron chi connectivity index (χ0n) is 13.5. The molecule has 2 aliphatic heterocycles. The van der Waals surface area contributed by atoms with Gasteiger partial charge in [-0.25, -0.2) is 9.59 Å². The normalized spacial score (nSPS) is 37.9. The number of ether oxygens (including phenoxy) is 4. The number of epoxide rings is 1. The molecule has 7 heteroatoms. The van der Waals surface area contributed by atoms with Gasteiger partial charge in [-0.15, -0.1) is 0 Å². The highest BCUT2D eigenvalue weighted by Crippen LogP contribution is 2.29. The third kappa shape index (κ3) is 5.67. The van der Waals surface area contributed by atoms with Crippen molar-refractivity contribution in [3.05, 3.63) is 12.2 Å². The monoisotopic (exact) mass is 326 g/mol. The van der Waals surface area contributed by atoms with E-state index < -0.39 is 30.1 Å². The third-order valence-corrected chi connectivity index (χ3v) is 3.52. The molecule has 5 atom stereocenters. The molecule has 0 aliphatic carbocycles. The van der Waals surface area contributed by atoms with E-state index in [2.05, 4.69) is 0 Å². The molecule has 1 unspecified atom stereocenters. The van der Waals surface area contributed by atoms with Crippen LogP contribution in [-0.2, 0) is 33.3 Å². The molecule has 0 aromatic rings. The Morgan fingerprint density at radius 3 is 2.43 bits per heavy atom. The number of hydrogen-bond acceptors (Lipinski definition) is 7. The Hall–Kier alpha value is -1.89. The summed E-state index contributed by atoms with van der Waals surface area (Å²) in [5.74, 6) is -1.44. The average molecular weight is 326 g/mol. The smallest absolute Gasteiger partial charge is 0.338 e. The van der Waals surface area contributed by atoms with E-state index in [1.807, 2.05) is 0 Å². The number of esters is 3. The van der Waals surface area contributed by atoms with Gasteiger partial charge in [-0.05, 0) is 20.8 Å². The largest absolute Gasteiger partial charge is 0.462 e. The molecular formula is C16H22O7. The van der Waals surface area contributed by atoms with E-state index in [1.165, 1.54) is 6.08 Å². The Kier molecular flexibility index (Phi) is 5.76. The van der Waals surface area contributed by atoms with Crippen LogP contribution in [0, 0.1) is 0 Å². The summed E-state index contributed by atoms with van der Waals surface area (Å²) in [5.41, 5.74) is 0. The lowest BCUT2D eigenvalue weighted by atomic mass is 10.1. The van der Waals surface area contributed by atoms with Crippen LogP contribution in [0.2, 0.25) is 0 Å². The first-order valence-electron chi connectivity index (χ1n) is 7.77. The van der Waals surface area contributed by atoms with Crippen molar-refractivity contribution in [3.63, 3.8) is 0 Å². The second kappa shape index (κ2) is 7.59. The lowest BCUT2D eigenvalue weighted by molar-refractivity contribution is -0.157. The number of carbonyl (C=O) groups is 3. The van der Waals surface area contributed by atoms with Gasteiger partial charge in [-0.2, -0.15) is 0 Å². The van der Waals surface area contributed by atoms with E-state index in [9.17, 15) is 14.4 Å². The molecule has 0 bridgehead atoms. The first-order chi connectivity index (χ1) is 10.8. The molecule has 2 rings (SSSR count). The molecule has 23 heavy (non-hydrogen) atoms. The fraction of sp³-hybridized carbons (Fsp3) is 0.688. The highest BCUT2D eigenvalue weighted by Gasteiger charge is 2.47. The summed E-state index contributed by atoms with van der Waals surface area (Å²) in [7, 11) is 0. The molecule has 0 amide bonds. The summed E-state index contributed by atoms with van der Waals surface area (Å²) >= 11 is 0. The van der Waals surface area contributed by atoms with Crippen LogP contribution in [0.15, 0.2) is 12.2 Å². The molecule has 0 saturated carbocycles. The van der Waals surface area contributed by atoms with Gasteiger partial charge >= 0.3 is 17.9 Å². The Labute approximate surface area is 134 Å². The molecule has 2 heterocycles. The Balaban J connectivity index is 2.00. The Morgan fingerprint density at radius 1 is 0.957 bits per heavy atom. The lowest BCUT2D eigenvalue weighted by Crippen LogP contribution is -2.26. The minimum atomic E-state index is -0.656. The van der Waals surface area contributed by atoms with Crippen LogP contribution in [0.1, 0.15) is 40.0 Å². The van der Waals surface area contributed by atoms with E-state index in [1.54, 1.807) is 26.8 Å². The maximum Gasteiger partial charge on any atom is 0.338 e. The molecule has 0 aromatic carbocycles. The molecule has 0 radical (unpaired) electrons. The van der Waals surface area contributed by atoms with Crippen molar-refractivity contribution in [1.82, 2.24) is 0 Å². The van der Waals surface area contributed by atoms with Gasteiger partial charge in [0, 0.05) is 18.9 Å². The van der Waals surface area contributed by atoms with Crippen LogP contribution in [0.4, 0.5) is 0 Å². The van der Waals surface area contributed by atoms with E-state index in [0.29, 0.717) is 12.8 Å². The van der Waals surface area contributed by atoms with E-state index in [4.69, 9.17) is 18.9 Å². The van der Waals surface area contributed by atoms with Crippen LogP contribution >= 0.6 is 0 Å². The van der Waals surface area contributed by atoms with Crippen molar-refractivity contribution >= 4 is 17.9 Å². The molecule has 0 N–H and O–H groups in total.